The van der Waals surface area contributed by atoms with E-state index < -0.39 is 0 Å². The molecule has 0 heterocycles. The lowest BCUT2D eigenvalue weighted by Crippen LogP contribution is -2.20. The quantitative estimate of drug-likeness (QED) is 0.823. The van der Waals surface area contributed by atoms with Crippen LogP contribution in [-0.2, 0) is 4.79 Å². The number of hydrogen-bond acceptors (Lipinski definition) is 2. The molecule has 1 atom stereocenters. The Morgan fingerprint density at radius 2 is 2.00 bits per heavy atom. The summed E-state index contributed by atoms with van der Waals surface area (Å²) in [6.45, 7) is 2.14. The van der Waals surface area contributed by atoms with Gasteiger partial charge in [-0.3, -0.25) is 4.79 Å². The third-order valence-electron chi connectivity index (χ3n) is 2.93. The van der Waals surface area contributed by atoms with Crippen LogP contribution in [0.3, 0.4) is 0 Å². The normalized spacial score (nSPS) is 11.9. The van der Waals surface area contributed by atoms with Gasteiger partial charge in [-0.05, 0) is 30.0 Å². The van der Waals surface area contributed by atoms with E-state index in [-0.39, 0.29) is 5.91 Å². The summed E-state index contributed by atoms with van der Waals surface area (Å²) in [4.78, 5) is 11.5. The van der Waals surface area contributed by atoms with Crippen LogP contribution in [0.5, 0.6) is 5.75 Å². The summed E-state index contributed by atoms with van der Waals surface area (Å²) in [7, 11) is 3.34. The maximum atomic E-state index is 11.5. The van der Waals surface area contributed by atoms with E-state index in [0.717, 1.165) is 18.6 Å². The SMILES string of the molecule is CCCC(CC(=O)NC)c1ccc(OC)cc1. The second kappa shape index (κ2) is 6.94. The van der Waals surface area contributed by atoms with Crippen molar-refractivity contribution >= 4 is 5.91 Å². The first-order valence-electron chi connectivity index (χ1n) is 6.05. The number of hydrogen-bond donors (Lipinski definition) is 1. The summed E-state index contributed by atoms with van der Waals surface area (Å²) in [5.74, 6) is 1.24. The molecule has 0 bridgehead atoms. The third-order valence-corrected chi connectivity index (χ3v) is 2.93. The van der Waals surface area contributed by atoms with Crippen LogP contribution in [0.1, 0.15) is 37.7 Å². The average molecular weight is 235 g/mol. The van der Waals surface area contributed by atoms with E-state index in [1.165, 1.54) is 5.56 Å². The molecule has 3 heteroatoms. The number of methoxy groups -OCH3 is 1. The standard InChI is InChI=1S/C14H21NO2/c1-4-5-12(10-14(16)15-2)11-6-8-13(17-3)9-7-11/h6-9,12H,4-5,10H2,1-3H3,(H,15,16). The highest BCUT2D eigenvalue weighted by Crippen LogP contribution is 2.26. The van der Waals surface area contributed by atoms with Crippen molar-refractivity contribution in [2.45, 2.75) is 32.1 Å². The zero-order chi connectivity index (χ0) is 12.7. The van der Waals surface area contributed by atoms with Gasteiger partial charge in [-0.25, -0.2) is 0 Å². The minimum Gasteiger partial charge on any atom is -0.497 e. The zero-order valence-electron chi connectivity index (χ0n) is 10.8. The fraction of sp³-hybridized carbons (Fsp3) is 0.500. The van der Waals surface area contributed by atoms with Crippen LogP contribution in [0.2, 0.25) is 0 Å². The van der Waals surface area contributed by atoms with Gasteiger partial charge in [-0.1, -0.05) is 25.5 Å². The molecule has 0 aliphatic heterocycles. The van der Waals surface area contributed by atoms with Gasteiger partial charge < -0.3 is 10.1 Å². The molecule has 1 N–H and O–H groups in total. The molecule has 1 unspecified atom stereocenters. The molecule has 0 spiro atoms. The minimum absolute atomic E-state index is 0.0965. The van der Waals surface area contributed by atoms with Gasteiger partial charge in [0.25, 0.3) is 0 Å². The smallest absolute Gasteiger partial charge is 0.220 e. The number of ether oxygens (including phenoxy) is 1. The Balaban J connectivity index is 2.77. The molecule has 1 rings (SSSR count). The highest BCUT2D eigenvalue weighted by molar-refractivity contribution is 5.76. The van der Waals surface area contributed by atoms with Crippen molar-refractivity contribution in [3.63, 3.8) is 0 Å². The van der Waals surface area contributed by atoms with Crippen LogP contribution < -0.4 is 10.1 Å². The molecule has 0 aromatic heterocycles. The molecule has 0 saturated heterocycles. The predicted octanol–water partition coefficient (Wildman–Crippen LogP) is 2.72. The van der Waals surface area contributed by atoms with Crippen molar-refractivity contribution in [2.75, 3.05) is 14.2 Å². The Morgan fingerprint density at radius 3 is 2.47 bits per heavy atom. The molecule has 1 aromatic carbocycles. The minimum atomic E-state index is 0.0965. The molecule has 17 heavy (non-hydrogen) atoms. The Hall–Kier alpha value is -1.51. The summed E-state index contributed by atoms with van der Waals surface area (Å²) in [5, 5.41) is 2.68. The molecular weight excluding hydrogens is 214 g/mol. The first-order valence-corrected chi connectivity index (χ1v) is 6.05. The zero-order valence-corrected chi connectivity index (χ0v) is 10.8. The van der Waals surface area contributed by atoms with Crippen LogP contribution in [-0.4, -0.2) is 20.1 Å². The van der Waals surface area contributed by atoms with Crippen LogP contribution in [0.4, 0.5) is 0 Å². The Bertz CT molecular complexity index is 346. The molecule has 3 nitrogen and oxygen atoms in total. The summed E-state index contributed by atoms with van der Waals surface area (Å²) in [5.41, 5.74) is 1.20. The van der Waals surface area contributed by atoms with Crippen LogP contribution in [0.15, 0.2) is 24.3 Å². The molecule has 0 aliphatic rings. The number of benzene rings is 1. The van der Waals surface area contributed by atoms with Crippen molar-refractivity contribution < 1.29 is 9.53 Å². The van der Waals surface area contributed by atoms with E-state index in [1.54, 1.807) is 14.2 Å². The van der Waals surface area contributed by atoms with E-state index in [4.69, 9.17) is 4.74 Å². The Morgan fingerprint density at radius 1 is 1.35 bits per heavy atom. The Kier molecular flexibility index (Phi) is 5.53. The van der Waals surface area contributed by atoms with Gasteiger partial charge in [0, 0.05) is 13.5 Å². The number of carbonyl (C=O) groups excluding carboxylic acids is 1. The average Bonchev–Trinajstić information content (AvgIpc) is 2.38. The van der Waals surface area contributed by atoms with Gasteiger partial charge in [-0.2, -0.15) is 0 Å². The number of nitrogens with one attached hydrogen (secondary N) is 1. The van der Waals surface area contributed by atoms with E-state index >= 15 is 0 Å². The highest BCUT2D eigenvalue weighted by Gasteiger charge is 2.14. The molecule has 0 saturated carbocycles. The van der Waals surface area contributed by atoms with E-state index in [0.29, 0.717) is 12.3 Å². The van der Waals surface area contributed by atoms with Gasteiger partial charge in [-0.15, -0.1) is 0 Å². The van der Waals surface area contributed by atoms with Crippen molar-refractivity contribution in [1.29, 1.82) is 0 Å². The van der Waals surface area contributed by atoms with E-state index in [2.05, 4.69) is 12.2 Å². The molecule has 1 amide bonds. The summed E-state index contributed by atoms with van der Waals surface area (Å²) < 4.78 is 5.13. The molecule has 94 valence electrons. The summed E-state index contributed by atoms with van der Waals surface area (Å²) in [6.07, 6.45) is 2.66. The van der Waals surface area contributed by atoms with Crippen LogP contribution in [0, 0.1) is 0 Å². The van der Waals surface area contributed by atoms with Gasteiger partial charge in [0.1, 0.15) is 5.75 Å². The summed E-state index contributed by atoms with van der Waals surface area (Å²) >= 11 is 0. The largest absolute Gasteiger partial charge is 0.497 e. The van der Waals surface area contributed by atoms with Crippen LogP contribution >= 0.6 is 0 Å². The van der Waals surface area contributed by atoms with Crippen molar-refractivity contribution in [3.05, 3.63) is 29.8 Å². The molecule has 0 fully saturated rings. The van der Waals surface area contributed by atoms with E-state index in [9.17, 15) is 4.79 Å². The topological polar surface area (TPSA) is 38.3 Å². The van der Waals surface area contributed by atoms with Gasteiger partial charge in [0.2, 0.25) is 5.91 Å². The maximum Gasteiger partial charge on any atom is 0.220 e. The second-order valence-electron chi connectivity index (χ2n) is 4.14. The molecule has 1 aromatic rings. The molecular formula is C14H21NO2. The fourth-order valence-corrected chi connectivity index (χ4v) is 1.94. The first kappa shape index (κ1) is 13.6. The molecule has 0 radical (unpaired) electrons. The lowest BCUT2D eigenvalue weighted by molar-refractivity contribution is -0.121. The molecule has 0 aliphatic carbocycles. The number of carbonyl (C=O) groups is 1. The number of amides is 1. The third kappa shape index (κ3) is 4.10. The monoisotopic (exact) mass is 235 g/mol. The lowest BCUT2D eigenvalue weighted by Gasteiger charge is -2.16. The fourth-order valence-electron chi connectivity index (χ4n) is 1.94. The Labute approximate surface area is 103 Å². The highest BCUT2D eigenvalue weighted by atomic mass is 16.5. The van der Waals surface area contributed by atoms with Crippen molar-refractivity contribution in [2.24, 2.45) is 0 Å². The predicted molar refractivity (Wildman–Crippen MR) is 69.3 cm³/mol. The van der Waals surface area contributed by atoms with Crippen molar-refractivity contribution in [1.82, 2.24) is 5.32 Å². The first-order chi connectivity index (χ1) is 8.21. The lowest BCUT2D eigenvalue weighted by atomic mass is 9.91. The van der Waals surface area contributed by atoms with Crippen molar-refractivity contribution in [3.8, 4) is 5.75 Å². The van der Waals surface area contributed by atoms with Gasteiger partial charge in [0.05, 0.1) is 7.11 Å². The summed E-state index contributed by atoms with van der Waals surface area (Å²) in [6, 6.07) is 7.98. The maximum absolute atomic E-state index is 11.5. The van der Waals surface area contributed by atoms with E-state index in [1.807, 2.05) is 24.3 Å². The number of rotatable bonds is 6. The second-order valence-corrected chi connectivity index (χ2v) is 4.14. The van der Waals surface area contributed by atoms with Gasteiger partial charge >= 0.3 is 0 Å². The van der Waals surface area contributed by atoms with Gasteiger partial charge in [0.15, 0.2) is 0 Å². The van der Waals surface area contributed by atoms with Crippen LogP contribution in [0.25, 0.3) is 0 Å².